The van der Waals surface area contributed by atoms with Crippen LogP contribution in [-0.4, -0.2) is 6.03 Å². The topological polar surface area (TPSA) is 41.1 Å². The molecule has 0 fully saturated rings. The first-order valence-corrected chi connectivity index (χ1v) is 7.25. The number of nitrogens with one attached hydrogen (secondary N) is 2. The van der Waals surface area contributed by atoms with Crippen molar-refractivity contribution in [1.29, 1.82) is 0 Å². The third-order valence-corrected chi connectivity index (χ3v) is 3.78. The Morgan fingerprint density at radius 3 is 2.29 bits per heavy atom. The van der Waals surface area contributed by atoms with E-state index >= 15 is 0 Å². The third kappa shape index (κ3) is 3.76. The van der Waals surface area contributed by atoms with Gasteiger partial charge in [-0.15, -0.1) is 0 Å². The SMILES string of the molecule is Cc1cccc(C)c1NC(=O)N[C@H](C)c1ccccc1Cl. The predicted octanol–water partition coefficient (Wildman–Crippen LogP) is 4.84. The zero-order valence-electron chi connectivity index (χ0n) is 12.4. The molecule has 4 heteroatoms. The first kappa shape index (κ1) is 15.4. The van der Waals surface area contributed by atoms with Crippen LogP contribution in [0, 0.1) is 13.8 Å². The van der Waals surface area contributed by atoms with Crippen LogP contribution in [0.15, 0.2) is 42.5 Å². The van der Waals surface area contributed by atoms with E-state index in [0.29, 0.717) is 5.02 Å². The molecular formula is C17H19ClN2O. The van der Waals surface area contributed by atoms with Crippen molar-refractivity contribution in [2.75, 3.05) is 5.32 Å². The molecular weight excluding hydrogens is 284 g/mol. The van der Waals surface area contributed by atoms with E-state index < -0.39 is 0 Å². The standard InChI is InChI=1S/C17H19ClN2O/c1-11-7-6-8-12(2)16(11)20-17(21)19-13(3)14-9-4-5-10-15(14)18/h4-10,13H,1-3H3,(H2,19,20,21)/t13-/m1/s1. The fraction of sp³-hybridized carbons (Fsp3) is 0.235. The first-order chi connectivity index (χ1) is 9.99. The Bertz CT molecular complexity index is 635. The molecule has 0 unspecified atom stereocenters. The van der Waals surface area contributed by atoms with Gasteiger partial charge in [0.1, 0.15) is 0 Å². The number of aryl methyl sites for hydroxylation is 2. The molecule has 0 radical (unpaired) electrons. The van der Waals surface area contributed by atoms with Gasteiger partial charge in [0.2, 0.25) is 0 Å². The number of amides is 2. The van der Waals surface area contributed by atoms with Crippen LogP contribution in [0.1, 0.15) is 29.7 Å². The molecule has 2 N–H and O–H groups in total. The minimum atomic E-state index is -0.236. The normalized spacial score (nSPS) is 11.8. The molecule has 21 heavy (non-hydrogen) atoms. The number of rotatable bonds is 3. The van der Waals surface area contributed by atoms with E-state index in [9.17, 15) is 4.79 Å². The summed E-state index contributed by atoms with van der Waals surface area (Å²) in [4.78, 5) is 12.1. The van der Waals surface area contributed by atoms with Crippen molar-refractivity contribution in [3.05, 3.63) is 64.2 Å². The molecule has 0 aliphatic carbocycles. The van der Waals surface area contributed by atoms with E-state index in [2.05, 4.69) is 10.6 Å². The van der Waals surface area contributed by atoms with Gasteiger partial charge in [0.25, 0.3) is 0 Å². The minimum Gasteiger partial charge on any atom is -0.331 e. The first-order valence-electron chi connectivity index (χ1n) is 6.87. The molecule has 0 aromatic heterocycles. The summed E-state index contributed by atoms with van der Waals surface area (Å²) < 4.78 is 0. The molecule has 2 aromatic rings. The Kier molecular flexibility index (Phi) is 4.86. The minimum absolute atomic E-state index is 0.164. The lowest BCUT2D eigenvalue weighted by molar-refractivity contribution is 0.249. The van der Waals surface area contributed by atoms with E-state index in [1.165, 1.54) is 0 Å². The Labute approximate surface area is 130 Å². The Morgan fingerprint density at radius 1 is 1.05 bits per heavy atom. The summed E-state index contributed by atoms with van der Waals surface area (Å²) in [5.74, 6) is 0. The van der Waals surface area contributed by atoms with Crippen molar-refractivity contribution >= 4 is 23.3 Å². The smallest absolute Gasteiger partial charge is 0.319 e. The van der Waals surface area contributed by atoms with Gasteiger partial charge in [-0.1, -0.05) is 48.0 Å². The van der Waals surface area contributed by atoms with Crippen LogP contribution in [0.3, 0.4) is 0 Å². The van der Waals surface area contributed by atoms with Crippen molar-refractivity contribution in [2.24, 2.45) is 0 Å². The summed E-state index contributed by atoms with van der Waals surface area (Å²) in [7, 11) is 0. The number of urea groups is 1. The van der Waals surface area contributed by atoms with E-state index in [1.807, 2.05) is 63.2 Å². The second kappa shape index (κ2) is 6.64. The Balaban J connectivity index is 2.07. The fourth-order valence-electron chi connectivity index (χ4n) is 2.26. The van der Waals surface area contributed by atoms with Gasteiger partial charge < -0.3 is 10.6 Å². The van der Waals surface area contributed by atoms with Crippen LogP contribution in [0.4, 0.5) is 10.5 Å². The molecule has 0 aliphatic rings. The number of carbonyl (C=O) groups excluding carboxylic acids is 1. The number of para-hydroxylation sites is 1. The van der Waals surface area contributed by atoms with Crippen LogP contribution >= 0.6 is 11.6 Å². The second-order valence-electron chi connectivity index (χ2n) is 5.11. The zero-order valence-corrected chi connectivity index (χ0v) is 13.2. The number of hydrogen-bond acceptors (Lipinski definition) is 1. The van der Waals surface area contributed by atoms with Gasteiger partial charge in [0.15, 0.2) is 0 Å². The van der Waals surface area contributed by atoms with Crippen LogP contribution in [0.5, 0.6) is 0 Å². The molecule has 1 atom stereocenters. The monoisotopic (exact) mass is 302 g/mol. The van der Waals surface area contributed by atoms with E-state index in [0.717, 1.165) is 22.4 Å². The molecule has 0 saturated heterocycles. The zero-order chi connectivity index (χ0) is 15.4. The highest BCUT2D eigenvalue weighted by Gasteiger charge is 2.13. The Morgan fingerprint density at radius 2 is 1.67 bits per heavy atom. The molecule has 0 aliphatic heterocycles. The molecule has 2 rings (SSSR count). The van der Waals surface area contributed by atoms with Crippen molar-refractivity contribution in [2.45, 2.75) is 26.8 Å². The molecule has 0 spiro atoms. The number of halogens is 1. The van der Waals surface area contributed by atoms with Crippen molar-refractivity contribution < 1.29 is 4.79 Å². The summed E-state index contributed by atoms with van der Waals surface area (Å²) in [6, 6.07) is 13.0. The average Bonchev–Trinajstić information content (AvgIpc) is 2.43. The number of hydrogen-bond donors (Lipinski definition) is 2. The van der Waals surface area contributed by atoms with Crippen LogP contribution in [0.2, 0.25) is 5.02 Å². The van der Waals surface area contributed by atoms with Crippen LogP contribution < -0.4 is 10.6 Å². The van der Waals surface area contributed by atoms with Gasteiger partial charge in [-0.25, -0.2) is 4.79 Å². The number of anilines is 1. The van der Waals surface area contributed by atoms with Crippen molar-refractivity contribution in [3.8, 4) is 0 Å². The molecule has 3 nitrogen and oxygen atoms in total. The lowest BCUT2D eigenvalue weighted by atomic mass is 10.1. The lowest BCUT2D eigenvalue weighted by Crippen LogP contribution is -2.31. The summed E-state index contributed by atoms with van der Waals surface area (Å²) in [5, 5.41) is 6.46. The summed E-state index contributed by atoms with van der Waals surface area (Å²) in [5.41, 5.74) is 3.82. The maximum Gasteiger partial charge on any atom is 0.319 e. The van der Waals surface area contributed by atoms with Gasteiger partial charge in [-0.3, -0.25) is 0 Å². The van der Waals surface area contributed by atoms with E-state index in [-0.39, 0.29) is 12.1 Å². The molecule has 2 amide bonds. The van der Waals surface area contributed by atoms with Crippen LogP contribution in [0.25, 0.3) is 0 Å². The number of benzene rings is 2. The van der Waals surface area contributed by atoms with E-state index in [1.54, 1.807) is 0 Å². The van der Waals surface area contributed by atoms with Gasteiger partial charge in [-0.05, 0) is 43.5 Å². The predicted molar refractivity (Wildman–Crippen MR) is 87.9 cm³/mol. The highest BCUT2D eigenvalue weighted by Crippen LogP contribution is 2.23. The van der Waals surface area contributed by atoms with Gasteiger partial charge in [0.05, 0.1) is 6.04 Å². The van der Waals surface area contributed by atoms with E-state index in [4.69, 9.17) is 11.6 Å². The molecule has 0 saturated carbocycles. The van der Waals surface area contributed by atoms with Crippen molar-refractivity contribution in [1.82, 2.24) is 5.32 Å². The Hall–Kier alpha value is -2.00. The highest BCUT2D eigenvalue weighted by molar-refractivity contribution is 6.31. The quantitative estimate of drug-likeness (QED) is 0.837. The summed E-state index contributed by atoms with van der Waals surface area (Å²) in [6.45, 7) is 5.85. The van der Waals surface area contributed by atoms with Crippen molar-refractivity contribution in [3.63, 3.8) is 0 Å². The molecule has 0 heterocycles. The average molecular weight is 303 g/mol. The van der Waals surface area contributed by atoms with Gasteiger partial charge >= 0.3 is 6.03 Å². The van der Waals surface area contributed by atoms with Gasteiger partial charge in [0, 0.05) is 10.7 Å². The number of carbonyl (C=O) groups is 1. The maximum atomic E-state index is 12.1. The van der Waals surface area contributed by atoms with Crippen LogP contribution in [-0.2, 0) is 0 Å². The summed E-state index contributed by atoms with van der Waals surface area (Å²) >= 11 is 6.14. The summed E-state index contributed by atoms with van der Waals surface area (Å²) in [6.07, 6.45) is 0. The molecule has 110 valence electrons. The van der Waals surface area contributed by atoms with Gasteiger partial charge in [-0.2, -0.15) is 0 Å². The second-order valence-corrected chi connectivity index (χ2v) is 5.52. The largest absolute Gasteiger partial charge is 0.331 e. The molecule has 0 bridgehead atoms. The highest BCUT2D eigenvalue weighted by atomic mass is 35.5. The lowest BCUT2D eigenvalue weighted by Gasteiger charge is -2.18. The molecule has 2 aromatic carbocycles. The fourth-order valence-corrected chi connectivity index (χ4v) is 2.56. The third-order valence-electron chi connectivity index (χ3n) is 3.44. The maximum absolute atomic E-state index is 12.1.